The maximum absolute atomic E-state index is 5.37. The van der Waals surface area contributed by atoms with Crippen molar-refractivity contribution in [1.29, 1.82) is 0 Å². The highest BCUT2D eigenvalue weighted by atomic mass is 32.1. The summed E-state index contributed by atoms with van der Waals surface area (Å²) in [6, 6.07) is 12.3. The molecule has 0 saturated heterocycles. The first kappa shape index (κ1) is 10.7. The van der Waals surface area contributed by atoms with Gasteiger partial charge in [-0.05, 0) is 36.2 Å². The number of aryl methyl sites for hydroxylation is 1. The van der Waals surface area contributed by atoms with Crippen LogP contribution in [0, 0.1) is 6.92 Å². The van der Waals surface area contributed by atoms with Gasteiger partial charge in [-0.15, -0.1) is 0 Å². The van der Waals surface area contributed by atoms with Gasteiger partial charge in [0.05, 0.1) is 5.69 Å². The number of rotatable bonds is 2. The van der Waals surface area contributed by atoms with Gasteiger partial charge in [0.2, 0.25) is 0 Å². The maximum Gasteiger partial charge on any atom is 0.182 e. The quantitative estimate of drug-likeness (QED) is 0.548. The zero-order chi connectivity index (χ0) is 11.5. The molecule has 4 heteroatoms. The minimum atomic E-state index is 0.227. The molecule has 16 heavy (non-hydrogen) atoms. The van der Waals surface area contributed by atoms with Crippen LogP contribution in [-0.2, 0) is 0 Å². The number of hydrogen-bond acceptors (Lipinski definition) is 2. The summed E-state index contributed by atoms with van der Waals surface area (Å²) in [6.45, 7) is 2.09. The normalized spacial score (nSPS) is 10.1. The molecule has 0 saturated carbocycles. The fourth-order valence-corrected chi connectivity index (χ4v) is 1.74. The minimum Gasteiger partial charge on any atom is -0.375 e. The van der Waals surface area contributed by atoms with Gasteiger partial charge in [0.1, 0.15) is 0 Å². The van der Waals surface area contributed by atoms with E-state index in [0.717, 1.165) is 11.1 Å². The summed E-state index contributed by atoms with van der Waals surface area (Å²) in [4.78, 5) is 0. The lowest BCUT2D eigenvalue weighted by atomic mass is 10.0. The number of hydrogen-bond donors (Lipinski definition) is 3. The van der Waals surface area contributed by atoms with E-state index >= 15 is 0 Å². The SMILES string of the molecule is Cc1ccc(NNC(N)=S)c2ccccc12. The lowest BCUT2D eigenvalue weighted by Crippen LogP contribution is -2.33. The van der Waals surface area contributed by atoms with Crippen LogP contribution in [0.25, 0.3) is 10.8 Å². The molecule has 0 bridgehead atoms. The minimum absolute atomic E-state index is 0.227. The summed E-state index contributed by atoms with van der Waals surface area (Å²) in [7, 11) is 0. The predicted octanol–water partition coefficient (Wildman–Crippen LogP) is 2.31. The zero-order valence-electron chi connectivity index (χ0n) is 8.95. The smallest absolute Gasteiger partial charge is 0.182 e. The van der Waals surface area contributed by atoms with Crippen LogP contribution in [0.15, 0.2) is 36.4 Å². The highest BCUT2D eigenvalue weighted by Gasteiger charge is 2.02. The van der Waals surface area contributed by atoms with Crippen LogP contribution in [-0.4, -0.2) is 5.11 Å². The molecule has 82 valence electrons. The molecule has 2 aromatic rings. The van der Waals surface area contributed by atoms with E-state index < -0.39 is 0 Å². The topological polar surface area (TPSA) is 50.1 Å². The Morgan fingerprint density at radius 1 is 1.12 bits per heavy atom. The van der Waals surface area contributed by atoms with Crippen LogP contribution in [0.2, 0.25) is 0 Å². The van der Waals surface area contributed by atoms with E-state index in [2.05, 4.69) is 36.0 Å². The van der Waals surface area contributed by atoms with Crippen LogP contribution < -0.4 is 16.6 Å². The Kier molecular flexibility index (Phi) is 2.92. The molecular formula is C12H13N3S. The summed E-state index contributed by atoms with van der Waals surface area (Å²) in [6.07, 6.45) is 0. The molecule has 0 aliphatic rings. The van der Waals surface area contributed by atoms with E-state index in [1.165, 1.54) is 10.9 Å². The third-order valence-electron chi connectivity index (χ3n) is 2.46. The van der Waals surface area contributed by atoms with Gasteiger partial charge in [-0.3, -0.25) is 10.9 Å². The number of benzene rings is 2. The first-order valence-corrected chi connectivity index (χ1v) is 5.39. The van der Waals surface area contributed by atoms with Gasteiger partial charge in [0.25, 0.3) is 0 Å². The summed E-state index contributed by atoms with van der Waals surface area (Å²) >= 11 is 4.75. The molecule has 0 aliphatic heterocycles. The molecular weight excluding hydrogens is 218 g/mol. The molecule has 0 fully saturated rings. The van der Waals surface area contributed by atoms with E-state index in [-0.39, 0.29) is 5.11 Å². The van der Waals surface area contributed by atoms with Gasteiger partial charge < -0.3 is 5.73 Å². The Morgan fingerprint density at radius 3 is 2.50 bits per heavy atom. The average Bonchev–Trinajstić information content (AvgIpc) is 2.28. The van der Waals surface area contributed by atoms with Crippen LogP contribution in [0.4, 0.5) is 5.69 Å². The number of anilines is 1. The van der Waals surface area contributed by atoms with E-state index in [0.29, 0.717) is 0 Å². The first-order chi connectivity index (χ1) is 7.68. The summed E-state index contributed by atoms with van der Waals surface area (Å²) in [5.41, 5.74) is 13.3. The highest BCUT2D eigenvalue weighted by molar-refractivity contribution is 7.80. The lowest BCUT2D eigenvalue weighted by Gasteiger charge is -2.12. The molecule has 2 aromatic carbocycles. The molecule has 2 rings (SSSR count). The van der Waals surface area contributed by atoms with Crippen molar-refractivity contribution in [2.45, 2.75) is 6.92 Å². The van der Waals surface area contributed by atoms with Crippen molar-refractivity contribution in [1.82, 2.24) is 5.43 Å². The number of fused-ring (bicyclic) bond motifs is 1. The van der Waals surface area contributed by atoms with Crippen LogP contribution in [0.3, 0.4) is 0 Å². The Morgan fingerprint density at radius 2 is 1.81 bits per heavy atom. The number of hydrazine groups is 1. The van der Waals surface area contributed by atoms with Crippen molar-refractivity contribution >= 4 is 33.8 Å². The van der Waals surface area contributed by atoms with Crippen molar-refractivity contribution in [2.75, 3.05) is 5.43 Å². The second-order valence-corrected chi connectivity index (χ2v) is 4.03. The molecule has 0 atom stereocenters. The molecule has 0 amide bonds. The van der Waals surface area contributed by atoms with Gasteiger partial charge in [0, 0.05) is 5.39 Å². The molecule has 3 nitrogen and oxygen atoms in total. The third-order valence-corrected chi connectivity index (χ3v) is 2.56. The monoisotopic (exact) mass is 231 g/mol. The summed E-state index contributed by atoms with van der Waals surface area (Å²) < 4.78 is 0. The molecule has 0 radical (unpaired) electrons. The maximum atomic E-state index is 5.37. The van der Waals surface area contributed by atoms with Crippen LogP contribution in [0.1, 0.15) is 5.56 Å². The van der Waals surface area contributed by atoms with Crippen LogP contribution >= 0.6 is 12.2 Å². The largest absolute Gasteiger partial charge is 0.375 e. The molecule has 4 N–H and O–H groups in total. The number of thiocarbonyl (C=S) groups is 1. The summed E-state index contributed by atoms with van der Waals surface area (Å²) in [5, 5.41) is 2.59. The molecule has 0 spiro atoms. The standard InChI is InChI=1S/C12H13N3S/c1-8-6-7-11(14-15-12(13)16)10-5-3-2-4-9(8)10/h2-7,14H,1H3,(H3,13,15,16). The number of nitrogens with one attached hydrogen (secondary N) is 2. The van der Waals surface area contributed by atoms with Gasteiger partial charge in [-0.2, -0.15) is 0 Å². The van der Waals surface area contributed by atoms with E-state index in [1.54, 1.807) is 0 Å². The second kappa shape index (κ2) is 4.37. The van der Waals surface area contributed by atoms with Gasteiger partial charge in [-0.25, -0.2) is 0 Å². The van der Waals surface area contributed by atoms with Gasteiger partial charge in [-0.1, -0.05) is 30.3 Å². The molecule has 0 aromatic heterocycles. The average molecular weight is 231 g/mol. The predicted molar refractivity (Wildman–Crippen MR) is 72.2 cm³/mol. The molecule has 0 unspecified atom stereocenters. The van der Waals surface area contributed by atoms with Crippen molar-refractivity contribution in [2.24, 2.45) is 5.73 Å². The van der Waals surface area contributed by atoms with E-state index in [1.807, 2.05) is 18.2 Å². The fraction of sp³-hybridized carbons (Fsp3) is 0.0833. The van der Waals surface area contributed by atoms with E-state index in [4.69, 9.17) is 18.0 Å². The van der Waals surface area contributed by atoms with E-state index in [9.17, 15) is 0 Å². The van der Waals surface area contributed by atoms with Crippen molar-refractivity contribution in [3.8, 4) is 0 Å². The van der Waals surface area contributed by atoms with Crippen molar-refractivity contribution < 1.29 is 0 Å². The highest BCUT2D eigenvalue weighted by Crippen LogP contribution is 2.25. The Balaban J connectivity index is 2.46. The Hall–Kier alpha value is -1.81. The third kappa shape index (κ3) is 2.06. The zero-order valence-corrected chi connectivity index (χ0v) is 9.77. The van der Waals surface area contributed by atoms with Gasteiger partial charge >= 0.3 is 0 Å². The fourth-order valence-electron chi connectivity index (χ4n) is 1.69. The Bertz CT molecular complexity index is 537. The van der Waals surface area contributed by atoms with Crippen molar-refractivity contribution in [3.05, 3.63) is 42.0 Å². The molecule has 0 aliphatic carbocycles. The first-order valence-electron chi connectivity index (χ1n) is 4.98. The van der Waals surface area contributed by atoms with Crippen molar-refractivity contribution in [3.63, 3.8) is 0 Å². The Labute approximate surface area is 99.6 Å². The molecule has 0 heterocycles. The van der Waals surface area contributed by atoms with Crippen LogP contribution in [0.5, 0.6) is 0 Å². The lowest BCUT2D eigenvalue weighted by molar-refractivity contribution is 1.13. The second-order valence-electron chi connectivity index (χ2n) is 3.59. The number of nitrogens with two attached hydrogens (primary N) is 1. The van der Waals surface area contributed by atoms with Gasteiger partial charge in [0.15, 0.2) is 5.11 Å². The summed E-state index contributed by atoms with van der Waals surface area (Å²) in [5.74, 6) is 0.